The number of thioether (sulfide) groups is 1. The average molecular weight is 449 g/mol. The number of hydrogen-bond acceptors (Lipinski definition) is 4. The number of nitrogens with zero attached hydrogens (tertiary/aromatic N) is 2. The molecule has 1 fully saturated rings. The zero-order chi connectivity index (χ0) is 22.3. The maximum Gasteiger partial charge on any atom is 0.211 e. The van der Waals surface area contributed by atoms with E-state index in [1.807, 2.05) is 25.1 Å². The van der Waals surface area contributed by atoms with Gasteiger partial charge >= 0.3 is 0 Å². The smallest absolute Gasteiger partial charge is 0.211 e. The van der Waals surface area contributed by atoms with Crippen LogP contribution in [0.15, 0.2) is 51.5 Å². The third-order valence-corrected chi connectivity index (χ3v) is 7.76. The molecule has 1 heterocycles. The van der Waals surface area contributed by atoms with E-state index in [1.54, 1.807) is 6.07 Å². The van der Waals surface area contributed by atoms with Crippen LogP contribution in [-0.4, -0.2) is 30.2 Å². The summed E-state index contributed by atoms with van der Waals surface area (Å²) in [5.74, 6) is 1.96. The fraction of sp³-hybridized carbons (Fsp3) is 0.478. The van der Waals surface area contributed by atoms with E-state index in [9.17, 15) is 4.79 Å². The molecule has 7 heteroatoms. The standard InChI is InChI=1S/C23H33ClN4OS/c1-6-16(3)23(5)11-13-28(14-12-23)20(7-2)27-22(25)17(4)30-19-10-8-9-18(21(19)24)26-15-29/h7-10,15-16H,4,6,11-14H2,1-3,5H3,(H2,25,27)(H,26,29)/b20-7+. The van der Waals surface area contributed by atoms with Crippen molar-refractivity contribution in [3.05, 3.63) is 46.6 Å². The molecule has 1 aromatic rings. The quantitative estimate of drug-likeness (QED) is 0.214. The molecule has 1 aromatic carbocycles. The molecule has 1 amide bonds. The second kappa shape index (κ2) is 10.9. The van der Waals surface area contributed by atoms with Crippen molar-refractivity contribution in [3.8, 4) is 0 Å². The Hall–Kier alpha value is -1.92. The van der Waals surface area contributed by atoms with Crippen molar-refractivity contribution in [1.29, 1.82) is 0 Å². The lowest BCUT2D eigenvalue weighted by molar-refractivity contribution is -0.105. The van der Waals surface area contributed by atoms with E-state index in [4.69, 9.17) is 17.3 Å². The largest absolute Gasteiger partial charge is 0.383 e. The van der Waals surface area contributed by atoms with Crippen LogP contribution in [0.25, 0.3) is 0 Å². The number of nitrogens with one attached hydrogen (secondary N) is 1. The molecule has 3 N–H and O–H groups in total. The number of anilines is 1. The van der Waals surface area contributed by atoms with Gasteiger partial charge in [0.25, 0.3) is 0 Å². The number of benzene rings is 1. The molecule has 0 spiro atoms. The number of carbonyl (C=O) groups is 1. The van der Waals surface area contributed by atoms with Crippen molar-refractivity contribution in [2.24, 2.45) is 22.1 Å². The molecule has 0 aromatic heterocycles. The highest BCUT2D eigenvalue weighted by Crippen LogP contribution is 2.41. The number of nitrogens with two attached hydrogens (primary N) is 1. The minimum atomic E-state index is 0.369. The highest BCUT2D eigenvalue weighted by molar-refractivity contribution is 8.04. The lowest BCUT2D eigenvalue weighted by atomic mass is 9.70. The summed E-state index contributed by atoms with van der Waals surface area (Å²) in [6, 6.07) is 5.42. The molecule has 0 bridgehead atoms. The average Bonchev–Trinajstić information content (AvgIpc) is 2.74. The molecule has 0 saturated carbocycles. The van der Waals surface area contributed by atoms with Gasteiger partial charge in [-0.2, -0.15) is 0 Å². The molecular formula is C23H33ClN4OS. The summed E-state index contributed by atoms with van der Waals surface area (Å²) < 4.78 is 0. The normalized spacial score (nSPS) is 18.1. The van der Waals surface area contributed by atoms with Gasteiger partial charge in [-0.15, -0.1) is 0 Å². The SMILES string of the molecule is C=C(Sc1cccc(NC=O)c1Cl)/C(N)=N\C(=C/C)N1CCC(C)(C(C)CC)CC1. The van der Waals surface area contributed by atoms with Gasteiger partial charge in [0.05, 0.1) is 10.7 Å². The number of allylic oxidation sites excluding steroid dienone is 1. The van der Waals surface area contributed by atoms with E-state index >= 15 is 0 Å². The Kier molecular flexibility index (Phi) is 8.86. The molecule has 1 unspecified atom stereocenters. The fourth-order valence-electron chi connectivity index (χ4n) is 3.69. The number of amides is 1. The maximum absolute atomic E-state index is 10.7. The molecule has 30 heavy (non-hydrogen) atoms. The monoisotopic (exact) mass is 448 g/mol. The van der Waals surface area contributed by atoms with E-state index < -0.39 is 0 Å². The van der Waals surface area contributed by atoms with Crippen LogP contribution in [0, 0.1) is 11.3 Å². The van der Waals surface area contributed by atoms with Gasteiger partial charge in [-0.3, -0.25) is 4.79 Å². The first kappa shape index (κ1) is 24.4. The predicted octanol–water partition coefficient (Wildman–Crippen LogP) is 5.88. The summed E-state index contributed by atoms with van der Waals surface area (Å²) in [6.07, 6.45) is 6.11. The summed E-state index contributed by atoms with van der Waals surface area (Å²) in [5, 5.41) is 3.04. The second-order valence-electron chi connectivity index (χ2n) is 8.00. The highest BCUT2D eigenvalue weighted by Gasteiger charge is 2.34. The minimum absolute atomic E-state index is 0.369. The minimum Gasteiger partial charge on any atom is -0.383 e. The molecular weight excluding hydrogens is 416 g/mol. The number of likely N-dealkylation sites (tertiary alicyclic amines) is 1. The summed E-state index contributed by atoms with van der Waals surface area (Å²) in [6.45, 7) is 15.0. The van der Waals surface area contributed by atoms with Gasteiger partial charge in [-0.25, -0.2) is 4.99 Å². The first-order chi connectivity index (χ1) is 14.3. The first-order valence-electron chi connectivity index (χ1n) is 10.4. The Morgan fingerprint density at radius 3 is 2.70 bits per heavy atom. The van der Waals surface area contributed by atoms with Crippen LogP contribution in [0.3, 0.4) is 0 Å². The van der Waals surface area contributed by atoms with Gasteiger partial charge in [0.1, 0.15) is 11.7 Å². The number of rotatable bonds is 9. The van der Waals surface area contributed by atoms with Gasteiger partial charge in [0.2, 0.25) is 6.41 Å². The highest BCUT2D eigenvalue weighted by atomic mass is 35.5. The fourth-order valence-corrected chi connectivity index (χ4v) is 4.74. The number of aliphatic imine (C=N–C) groups is 1. The number of amidine groups is 1. The zero-order valence-electron chi connectivity index (χ0n) is 18.4. The van der Waals surface area contributed by atoms with Crippen molar-refractivity contribution in [2.75, 3.05) is 18.4 Å². The summed E-state index contributed by atoms with van der Waals surface area (Å²) >= 11 is 7.71. The van der Waals surface area contributed by atoms with Crippen LogP contribution in [0.5, 0.6) is 0 Å². The first-order valence-corrected chi connectivity index (χ1v) is 11.6. The van der Waals surface area contributed by atoms with Gasteiger partial charge in [-0.1, -0.05) is 63.2 Å². The molecule has 5 nitrogen and oxygen atoms in total. The van der Waals surface area contributed by atoms with Crippen LogP contribution in [0.2, 0.25) is 5.02 Å². The summed E-state index contributed by atoms with van der Waals surface area (Å²) in [5.41, 5.74) is 7.20. The summed E-state index contributed by atoms with van der Waals surface area (Å²) in [4.78, 5) is 19.1. The van der Waals surface area contributed by atoms with Crippen LogP contribution in [0.1, 0.15) is 47.0 Å². The maximum atomic E-state index is 10.7. The topological polar surface area (TPSA) is 70.7 Å². The molecule has 164 valence electrons. The molecule has 2 rings (SSSR count). The van der Waals surface area contributed by atoms with Crippen LogP contribution in [0.4, 0.5) is 5.69 Å². The molecule has 0 aliphatic carbocycles. The van der Waals surface area contributed by atoms with Crippen LogP contribution < -0.4 is 11.1 Å². The lowest BCUT2D eigenvalue weighted by Crippen LogP contribution is -2.41. The molecule has 1 saturated heterocycles. The van der Waals surface area contributed by atoms with Crippen molar-refractivity contribution in [2.45, 2.75) is 51.9 Å². The number of halogens is 1. The van der Waals surface area contributed by atoms with Gasteiger partial charge in [-0.05, 0) is 49.3 Å². The van der Waals surface area contributed by atoms with E-state index in [2.05, 4.69) is 42.6 Å². The van der Waals surface area contributed by atoms with Gasteiger partial charge in [0.15, 0.2) is 0 Å². The molecule has 1 aliphatic heterocycles. The van der Waals surface area contributed by atoms with Crippen molar-refractivity contribution < 1.29 is 4.79 Å². The van der Waals surface area contributed by atoms with Crippen LogP contribution in [-0.2, 0) is 4.79 Å². The number of piperidine rings is 1. The molecule has 0 radical (unpaired) electrons. The Morgan fingerprint density at radius 1 is 1.47 bits per heavy atom. The Balaban J connectivity index is 2.07. The second-order valence-corrected chi connectivity index (χ2v) is 9.51. The van der Waals surface area contributed by atoms with Crippen LogP contribution >= 0.6 is 23.4 Å². The molecule has 1 atom stereocenters. The lowest BCUT2D eigenvalue weighted by Gasteiger charge is -2.44. The predicted molar refractivity (Wildman–Crippen MR) is 130 cm³/mol. The third-order valence-electron chi connectivity index (χ3n) is 6.22. The van der Waals surface area contributed by atoms with E-state index in [1.165, 1.54) is 18.2 Å². The van der Waals surface area contributed by atoms with Gasteiger partial charge < -0.3 is 16.0 Å². The van der Waals surface area contributed by atoms with E-state index in [0.29, 0.717) is 39.2 Å². The number of hydrogen-bond donors (Lipinski definition) is 2. The summed E-state index contributed by atoms with van der Waals surface area (Å²) in [7, 11) is 0. The molecule has 1 aliphatic rings. The van der Waals surface area contributed by atoms with E-state index in [-0.39, 0.29) is 0 Å². The van der Waals surface area contributed by atoms with Crippen molar-refractivity contribution in [1.82, 2.24) is 4.90 Å². The Bertz CT molecular complexity index is 828. The number of carbonyl (C=O) groups excluding carboxylic acids is 1. The Morgan fingerprint density at radius 2 is 2.13 bits per heavy atom. The Labute approximate surface area is 189 Å². The van der Waals surface area contributed by atoms with Crippen molar-refractivity contribution >= 4 is 41.3 Å². The van der Waals surface area contributed by atoms with Gasteiger partial charge in [0, 0.05) is 22.9 Å². The third kappa shape index (κ3) is 5.82. The zero-order valence-corrected chi connectivity index (χ0v) is 19.9. The van der Waals surface area contributed by atoms with E-state index in [0.717, 1.165) is 36.6 Å². The van der Waals surface area contributed by atoms with Crippen molar-refractivity contribution in [3.63, 3.8) is 0 Å².